The van der Waals surface area contributed by atoms with Crippen LogP contribution in [0.1, 0.15) is 38.7 Å². The summed E-state index contributed by atoms with van der Waals surface area (Å²) in [5.41, 5.74) is 1.41. The van der Waals surface area contributed by atoms with E-state index in [0.29, 0.717) is 5.92 Å². The number of halogens is 2. The molecule has 0 heterocycles. The molecule has 0 N–H and O–H groups in total. The van der Waals surface area contributed by atoms with E-state index in [1.54, 1.807) is 0 Å². The van der Waals surface area contributed by atoms with Gasteiger partial charge in [-0.2, -0.15) is 0 Å². The summed E-state index contributed by atoms with van der Waals surface area (Å²) in [6.07, 6.45) is 3.72. The molecule has 82 valence electrons. The minimum Gasteiger partial charge on any atom is -0.0840 e. The zero-order valence-electron chi connectivity index (χ0n) is 9.19. The maximum Gasteiger partial charge on any atom is 0.0458 e. The second kappa shape index (κ2) is 3.99. The van der Waals surface area contributed by atoms with Crippen LogP contribution < -0.4 is 0 Å². The molecule has 0 bridgehead atoms. The molecule has 15 heavy (non-hydrogen) atoms. The summed E-state index contributed by atoms with van der Waals surface area (Å²) in [6.45, 7) is 4.53. The maximum absolute atomic E-state index is 6.29. The van der Waals surface area contributed by atoms with E-state index in [2.05, 4.69) is 13.8 Å². The lowest BCUT2D eigenvalue weighted by Gasteiger charge is -2.47. The predicted molar refractivity (Wildman–Crippen MR) is 66.8 cm³/mol. The highest BCUT2D eigenvalue weighted by molar-refractivity contribution is 6.36. The normalized spacial score (nSPS) is 19.0. The van der Waals surface area contributed by atoms with Gasteiger partial charge in [-0.15, -0.1) is 0 Å². The Balaban J connectivity index is 2.52. The molecule has 0 radical (unpaired) electrons. The Hall–Kier alpha value is -0.200. The van der Waals surface area contributed by atoms with Crippen LogP contribution in [0.4, 0.5) is 0 Å². The highest BCUT2D eigenvalue weighted by Gasteiger charge is 2.43. The number of hydrogen-bond donors (Lipinski definition) is 0. The molecule has 0 amide bonds. The average molecular weight is 243 g/mol. The number of benzene rings is 1. The van der Waals surface area contributed by atoms with E-state index in [9.17, 15) is 0 Å². The van der Waals surface area contributed by atoms with E-state index in [4.69, 9.17) is 23.2 Å². The summed E-state index contributed by atoms with van der Waals surface area (Å²) < 4.78 is 0. The molecule has 0 saturated heterocycles. The van der Waals surface area contributed by atoms with Crippen LogP contribution in [-0.4, -0.2) is 0 Å². The molecule has 1 fully saturated rings. The zero-order chi connectivity index (χ0) is 11.1. The largest absolute Gasteiger partial charge is 0.0840 e. The summed E-state index contributed by atoms with van der Waals surface area (Å²) >= 11 is 12.6. The monoisotopic (exact) mass is 242 g/mol. The summed E-state index contributed by atoms with van der Waals surface area (Å²) in [7, 11) is 0. The molecule has 1 saturated carbocycles. The van der Waals surface area contributed by atoms with Crippen molar-refractivity contribution in [2.24, 2.45) is 5.92 Å². The Labute approximate surface area is 102 Å². The van der Waals surface area contributed by atoms with Gasteiger partial charge in [0.15, 0.2) is 0 Å². The predicted octanol–water partition coefficient (Wildman–Crippen LogP) is 5.07. The van der Waals surface area contributed by atoms with Crippen molar-refractivity contribution in [2.45, 2.75) is 38.5 Å². The third-order valence-corrected chi connectivity index (χ3v) is 4.44. The molecular weight excluding hydrogens is 227 g/mol. The molecule has 2 rings (SSSR count). The van der Waals surface area contributed by atoms with Crippen molar-refractivity contribution in [1.82, 2.24) is 0 Å². The topological polar surface area (TPSA) is 0 Å². The Kier molecular flexibility index (Phi) is 3.00. The van der Waals surface area contributed by atoms with Crippen molar-refractivity contribution < 1.29 is 0 Å². The van der Waals surface area contributed by atoms with E-state index in [1.807, 2.05) is 18.2 Å². The maximum atomic E-state index is 6.29. The van der Waals surface area contributed by atoms with Crippen molar-refractivity contribution in [3.8, 4) is 0 Å². The summed E-state index contributed by atoms with van der Waals surface area (Å²) in [5, 5.41) is 1.66. The van der Waals surface area contributed by atoms with E-state index in [1.165, 1.54) is 24.8 Å². The smallest absolute Gasteiger partial charge is 0.0458 e. The average Bonchev–Trinajstić information content (AvgIpc) is 2.07. The van der Waals surface area contributed by atoms with Gasteiger partial charge in [0.05, 0.1) is 0 Å². The van der Waals surface area contributed by atoms with Crippen molar-refractivity contribution in [1.29, 1.82) is 0 Å². The van der Waals surface area contributed by atoms with Crippen molar-refractivity contribution >= 4 is 23.2 Å². The lowest BCUT2D eigenvalue weighted by Crippen LogP contribution is -2.39. The van der Waals surface area contributed by atoms with Gasteiger partial charge in [-0.05, 0) is 36.5 Å². The van der Waals surface area contributed by atoms with E-state index in [-0.39, 0.29) is 5.41 Å². The second-order valence-corrected chi connectivity index (χ2v) is 5.58. The third-order valence-electron chi connectivity index (χ3n) is 3.81. The van der Waals surface area contributed by atoms with E-state index in [0.717, 1.165) is 10.0 Å². The zero-order valence-corrected chi connectivity index (χ0v) is 10.7. The first-order valence-corrected chi connectivity index (χ1v) is 6.28. The van der Waals surface area contributed by atoms with Crippen molar-refractivity contribution in [3.63, 3.8) is 0 Å². The van der Waals surface area contributed by atoms with Crippen molar-refractivity contribution in [3.05, 3.63) is 33.8 Å². The van der Waals surface area contributed by atoms with Gasteiger partial charge in [-0.1, -0.05) is 49.5 Å². The van der Waals surface area contributed by atoms with Crippen LogP contribution in [0.25, 0.3) is 0 Å². The summed E-state index contributed by atoms with van der Waals surface area (Å²) in [5.74, 6) is 0.601. The van der Waals surface area contributed by atoms with Crippen LogP contribution in [0, 0.1) is 5.92 Å². The van der Waals surface area contributed by atoms with Crippen LogP contribution in [0.15, 0.2) is 18.2 Å². The van der Waals surface area contributed by atoms with Gasteiger partial charge in [0.25, 0.3) is 0 Å². The Morgan fingerprint density at radius 2 is 1.67 bits per heavy atom. The molecule has 1 aromatic rings. The molecule has 0 spiro atoms. The van der Waals surface area contributed by atoms with E-state index < -0.39 is 0 Å². The fourth-order valence-electron chi connectivity index (χ4n) is 2.65. The fourth-order valence-corrected chi connectivity index (χ4v) is 3.42. The first-order chi connectivity index (χ1) is 7.08. The lowest BCUT2D eigenvalue weighted by atomic mass is 9.58. The minimum atomic E-state index is 0.232. The van der Waals surface area contributed by atoms with Gasteiger partial charge in [0, 0.05) is 15.5 Å². The van der Waals surface area contributed by atoms with Gasteiger partial charge in [0.1, 0.15) is 0 Å². The molecule has 1 aromatic carbocycles. The van der Waals surface area contributed by atoms with Gasteiger partial charge >= 0.3 is 0 Å². The van der Waals surface area contributed by atoms with Gasteiger partial charge < -0.3 is 0 Å². The molecule has 0 aliphatic heterocycles. The Morgan fingerprint density at radius 1 is 1.13 bits per heavy atom. The molecule has 1 aliphatic carbocycles. The van der Waals surface area contributed by atoms with Gasteiger partial charge in [-0.25, -0.2) is 0 Å². The van der Waals surface area contributed by atoms with Crippen LogP contribution in [0.2, 0.25) is 10.0 Å². The molecule has 0 unspecified atom stereocenters. The lowest BCUT2D eigenvalue weighted by molar-refractivity contribution is 0.169. The van der Waals surface area contributed by atoms with Crippen LogP contribution in [0.3, 0.4) is 0 Å². The molecule has 0 atom stereocenters. The van der Waals surface area contributed by atoms with Gasteiger partial charge in [-0.3, -0.25) is 0 Å². The Bertz CT molecular complexity index is 345. The number of rotatable bonds is 2. The first kappa shape index (κ1) is 11.3. The van der Waals surface area contributed by atoms with Crippen molar-refractivity contribution in [2.75, 3.05) is 0 Å². The second-order valence-electron chi connectivity index (χ2n) is 4.76. The van der Waals surface area contributed by atoms with Gasteiger partial charge in [0.2, 0.25) is 0 Å². The SMILES string of the molecule is CC(C)C1(c2c(Cl)cccc2Cl)CCC1. The summed E-state index contributed by atoms with van der Waals surface area (Å²) in [4.78, 5) is 0. The fraction of sp³-hybridized carbons (Fsp3) is 0.538. The molecular formula is C13H16Cl2. The minimum absolute atomic E-state index is 0.232. The highest BCUT2D eigenvalue weighted by Crippen LogP contribution is 2.53. The Morgan fingerprint density at radius 3 is 2.00 bits per heavy atom. The molecule has 0 nitrogen and oxygen atoms in total. The molecule has 2 heteroatoms. The molecule has 0 aromatic heterocycles. The van der Waals surface area contributed by atoms with Crippen LogP contribution >= 0.6 is 23.2 Å². The van der Waals surface area contributed by atoms with E-state index >= 15 is 0 Å². The third kappa shape index (κ3) is 1.68. The van der Waals surface area contributed by atoms with Crippen LogP contribution in [-0.2, 0) is 5.41 Å². The van der Waals surface area contributed by atoms with Crippen LogP contribution in [0.5, 0.6) is 0 Å². The quantitative estimate of drug-likeness (QED) is 0.680. The standard InChI is InChI=1S/C13H16Cl2/c1-9(2)13(7-4-8-13)12-10(14)5-3-6-11(12)15/h3,5-6,9H,4,7-8H2,1-2H3. The number of hydrogen-bond acceptors (Lipinski definition) is 0. The summed E-state index contributed by atoms with van der Waals surface area (Å²) in [6, 6.07) is 5.82. The first-order valence-electron chi connectivity index (χ1n) is 5.52. The molecule has 1 aliphatic rings. The highest BCUT2D eigenvalue weighted by atomic mass is 35.5.